The van der Waals surface area contributed by atoms with Crippen LogP contribution in [-0.2, 0) is 4.79 Å². The molecule has 122 valence electrons. The lowest BCUT2D eigenvalue weighted by atomic mass is 10.1. The number of benzene rings is 2. The lowest BCUT2D eigenvalue weighted by molar-refractivity contribution is -0.113. The third-order valence-electron chi connectivity index (χ3n) is 3.55. The van der Waals surface area contributed by atoms with E-state index in [9.17, 15) is 9.90 Å². The number of amides is 1. The summed E-state index contributed by atoms with van der Waals surface area (Å²) < 4.78 is 5.52. The van der Waals surface area contributed by atoms with E-state index in [2.05, 4.69) is 0 Å². The first-order chi connectivity index (χ1) is 11.5. The summed E-state index contributed by atoms with van der Waals surface area (Å²) in [6, 6.07) is 12.6. The highest BCUT2D eigenvalue weighted by molar-refractivity contribution is 8.27. The largest absolute Gasteiger partial charge is 0.504 e. The van der Waals surface area contributed by atoms with Crippen LogP contribution in [0.3, 0.4) is 0 Å². The molecule has 0 unspecified atom stereocenters. The fourth-order valence-corrected chi connectivity index (χ4v) is 3.70. The molecule has 3 rings (SSSR count). The van der Waals surface area contributed by atoms with Crippen LogP contribution in [0.25, 0.3) is 6.08 Å². The Hall–Kier alpha value is -2.31. The molecule has 0 saturated carbocycles. The van der Waals surface area contributed by atoms with Crippen molar-refractivity contribution >= 4 is 46.0 Å². The van der Waals surface area contributed by atoms with E-state index in [1.54, 1.807) is 24.3 Å². The van der Waals surface area contributed by atoms with Crippen molar-refractivity contribution in [3.8, 4) is 11.5 Å². The van der Waals surface area contributed by atoms with Crippen LogP contribution in [0.1, 0.15) is 11.1 Å². The number of ether oxygens (including phenoxy) is 1. The van der Waals surface area contributed by atoms with Gasteiger partial charge in [0.2, 0.25) is 0 Å². The summed E-state index contributed by atoms with van der Waals surface area (Å²) in [4.78, 5) is 14.8. The summed E-state index contributed by atoms with van der Waals surface area (Å²) in [5.41, 5.74) is 2.53. The average Bonchev–Trinajstić information content (AvgIpc) is 2.81. The predicted molar refractivity (Wildman–Crippen MR) is 101 cm³/mol. The maximum atomic E-state index is 12.7. The first kappa shape index (κ1) is 16.5. The number of anilines is 1. The zero-order valence-corrected chi connectivity index (χ0v) is 14.8. The predicted octanol–water partition coefficient (Wildman–Crippen LogP) is 4.12. The van der Waals surface area contributed by atoms with Crippen LogP contribution in [0.4, 0.5) is 5.69 Å². The molecule has 0 aromatic heterocycles. The van der Waals surface area contributed by atoms with Gasteiger partial charge in [0.25, 0.3) is 5.91 Å². The van der Waals surface area contributed by atoms with Crippen LogP contribution in [0.2, 0.25) is 0 Å². The van der Waals surface area contributed by atoms with Gasteiger partial charge in [-0.3, -0.25) is 9.69 Å². The molecule has 0 atom stereocenters. The van der Waals surface area contributed by atoms with E-state index in [0.717, 1.165) is 11.3 Å². The van der Waals surface area contributed by atoms with E-state index in [4.69, 9.17) is 17.0 Å². The Bertz CT molecular complexity index is 861. The van der Waals surface area contributed by atoms with Crippen LogP contribution in [0, 0.1) is 6.92 Å². The van der Waals surface area contributed by atoms with Crippen molar-refractivity contribution in [2.75, 3.05) is 12.0 Å². The lowest BCUT2D eigenvalue weighted by Gasteiger charge is -2.14. The summed E-state index contributed by atoms with van der Waals surface area (Å²) in [6.45, 7) is 1.97. The summed E-state index contributed by atoms with van der Waals surface area (Å²) in [5, 5.41) is 9.86. The van der Waals surface area contributed by atoms with Crippen molar-refractivity contribution in [3.63, 3.8) is 0 Å². The van der Waals surface area contributed by atoms with Crippen molar-refractivity contribution in [1.82, 2.24) is 0 Å². The van der Waals surface area contributed by atoms with Gasteiger partial charge < -0.3 is 9.84 Å². The van der Waals surface area contributed by atoms with Crippen molar-refractivity contribution in [2.24, 2.45) is 0 Å². The number of phenolic OH excluding ortho intramolecular Hbond substituents is 1. The number of nitrogens with zero attached hydrogens (tertiary/aromatic N) is 1. The van der Waals surface area contributed by atoms with E-state index in [1.165, 1.54) is 23.8 Å². The molecule has 0 bridgehead atoms. The van der Waals surface area contributed by atoms with Gasteiger partial charge in [-0.2, -0.15) is 0 Å². The summed E-state index contributed by atoms with van der Waals surface area (Å²) in [7, 11) is 1.49. The molecule has 0 spiro atoms. The average molecular weight is 357 g/mol. The van der Waals surface area contributed by atoms with Crippen molar-refractivity contribution < 1.29 is 14.6 Å². The number of thiocarbonyl (C=S) groups is 1. The second-order valence-electron chi connectivity index (χ2n) is 5.29. The number of hydrogen-bond acceptors (Lipinski definition) is 5. The Labute approximate surface area is 149 Å². The van der Waals surface area contributed by atoms with E-state index in [1.807, 2.05) is 31.2 Å². The van der Waals surface area contributed by atoms with Gasteiger partial charge in [0.1, 0.15) is 0 Å². The van der Waals surface area contributed by atoms with Crippen LogP contribution >= 0.6 is 24.0 Å². The first-order valence-electron chi connectivity index (χ1n) is 7.21. The van der Waals surface area contributed by atoms with Gasteiger partial charge in [0, 0.05) is 0 Å². The van der Waals surface area contributed by atoms with Crippen molar-refractivity contribution in [1.29, 1.82) is 0 Å². The van der Waals surface area contributed by atoms with Gasteiger partial charge in [0.15, 0.2) is 15.8 Å². The summed E-state index contributed by atoms with van der Waals surface area (Å²) in [5.74, 6) is 0.255. The number of phenols is 1. The Balaban J connectivity index is 1.92. The molecule has 1 amide bonds. The Kier molecular flexibility index (Phi) is 4.59. The van der Waals surface area contributed by atoms with Crippen LogP contribution in [0.5, 0.6) is 11.5 Å². The Morgan fingerprint density at radius 1 is 1.25 bits per heavy atom. The molecule has 4 nitrogen and oxygen atoms in total. The van der Waals surface area contributed by atoms with Crippen LogP contribution < -0.4 is 9.64 Å². The van der Waals surface area contributed by atoms with Gasteiger partial charge in [-0.15, -0.1) is 0 Å². The van der Waals surface area contributed by atoms with E-state index in [-0.39, 0.29) is 11.7 Å². The number of carbonyl (C=O) groups is 1. The van der Waals surface area contributed by atoms with E-state index < -0.39 is 0 Å². The molecule has 24 heavy (non-hydrogen) atoms. The third kappa shape index (κ3) is 3.16. The van der Waals surface area contributed by atoms with E-state index >= 15 is 0 Å². The second kappa shape index (κ2) is 6.67. The second-order valence-corrected chi connectivity index (χ2v) is 6.96. The summed E-state index contributed by atoms with van der Waals surface area (Å²) >= 11 is 6.61. The topological polar surface area (TPSA) is 49.8 Å². The zero-order valence-electron chi connectivity index (χ0n) is 13.1. The Morgan fingerprint density at radius 2 is 2.04 bits per heavy atom. The smallest absolute Gasteiger partial charge is 0.270 e. The van der Waals surface area contributed by atoms with Gasteiger partial charge in [-0.1, -0.05) is 42.2 Å². The zero-order chi connectivity index (χ0) is 17.3. The molecule has 1 fully saturated rings. The molecule has 1 saturated heterocycles. The minimum absolute atomic E-state index is 0.0282. The maximum Gasteiger partial charge on any atom is 0.270 e. The number of methoxy groups -OCH3 is 1. The minimum Gasteiger partial charge on any atom is -0.504 e. The highest BCUT2D eigenvalue weighted by atomic mass is 32.2. The number of aromatic hydroxyl groups is 1. The molecular formula is C18H15NO3S2. The molecule has 6 heteroatoms. The van der Waals surface area contributed by atoms with Gasteiger partial charge in [-0.05, 0) is 48.4 Å². The molecule has 2 aromatic rings. The maximum absolute atomic E-state index is 12.7. The van der Waals surface area contributed by atoms with Crippen molar-refractivity contribution in [2.45, 2.75) is 6.92 Å². The molecule has 0 aliphatic carbocycles. The number of carbonyl (C=O) groups excluding carboxylic acids is 1. The number of hydrogen-bond donors (Lipinski definition) is 1. The fraction of sp³-hybridized carbons (Fsp3) is 0.111. The van der Waals surface area contributed by atoms with Gasteiger partial charge >= 0.3 is 0 Å². The quantitative estimate of drug-likeness (QED) is 0.662. The van der Waals surface area contributed by atoms with Gasteiger partial charge in [-0.25, -0.2) is 0 Å². The Morgan fingerprint density at radius 3 is 2.71 bits per heavy atom. The molecule has 1 aliphatic heterocycles. The standard InChI is InChI=1S/C18H15NO3S2/c1-11-4-3-5-13(8-11)19-17(21)16(24-18(19)23)10-12-6-7-15(22-2)14(20)9-12/h3-10,20H,1-2H3. The number of rotatable bonds is 3. The van der Waals surface area contributed by atoms with E-state index in [0.29, 0.717) is 20.5 Å². The highest BCUT2D eigenvalue weighted by Gasteiger charge is 2.33. The summed E-state index contributed by atoms with van der Waals surface area (Å²) in [6.07, 6.45) is 1.72. The normalized spacial score (nSPS) is 16.1. The molecule has 1 N–H and O–H groups in total. The van der Waals surface area contributed by atoms with Gasteiger partial charge in [0.05, 0.1) is 17.7 Å². The fourth-order valence-electron chi connectivity index (χ4n) is 2.41. The molecule has 1 aliphatic rings. The molecule has 1 heterocycles. The number of thioether (sulfide) groups is 1. The van der Waals surface area contributed by atoms with Crippen molar-refractivity contribution in [3.05, 3.63) is 58.5 Å². The SMILES string of the molecule is COc1ccc(C=C2SC(=S)N(c3cccc(C)c3)C2=O)cc1O. The first-order valence-corrected chi connectivity index (χ1v) is 8.43. The van der Waals surface area contributed by atoms with Crippen LogP contribution in [0.15, 0.2) is 47.4 Å². The molecular weight excluding hydrogens is 342 g/mol. The molecule has 2 aromatic carbocycles. The van der Waals surface area contributed by atoms with Crippen LogP contribution in [-0.4, -0.2) is 22.4 Å². The monoisotopic (exact) mass is 357 g/mol. The third-order valence-corrected chi connectivity index (χ3v) is 4.86. The molecule has 0 radical (unpaired) electrons. The lowest BCUT2D eigenvalue weighted by Crippen LogP contribution is -2.27. The highest BCUT2D eigenvalue weighted by Crippen LogP contribution is 2.37. The minimum atomic E-state index is -0.161. The number of aryl methyl sites for hydroxylation is 1.